The second-order valence-electron chi connectivity index (χ2n) is 15.6. The molecule has 0 radical (unpaired) electrons. The molecule has 7 aromatic carbocycles. The van der Waals surface area contributed by atoms with E-state index in [1.54, 1.807) is 0 Å². The average Bonchev–Trinajstić information content (AvgIpc) is 3.57. The number of fused-ring (bicyclic) bond motifs is 9. The van der Waals surface area contributed by atoms with Crippen LogP contribution in [-0.4, -0.2) is 9.97 Å². The summed E-state index contributed by atoms with van der Waals surface area (Å²) < 4.78 is 6.98. The fourth-order valence-corrected chi connectivity index (χ4v) is 10.2. The van der Waals surface area contributed by atoms with Gasteiger partial charge < -0.3 is 4.74 Å². The van der Waals surface area contributed by atoms with Crippen LogP contribution in [0.4, 0.5) is 0 Å². The van der Waals surface area contributed by atoms with Crippen LogP contribution in [0.3, 0.4) is 0 Å². The molecule has 2 heterocycles. The van der Waals surface area contributed by atoms with Gasteiger partial charge in [0.05, 0.1) is 16.8 Å². The quantitative estimate of drug-likeness (QED) is 0.181. The monoisotopic (exact) mass is 728 g/mol. The number of rotatable bonds is 4. The summed E-state index contributed by atoms with van der Waals surface area (Å²) in [5, 5.41) is 2.57. The Bertz CT molecular complexity index is 3030. The lowest BCUT2D eigenvalue weighted by Crippen LogP contribution is -2.37. The van der Waals surface area contributed by atoms with Crippen LogP contribution in [0.1, 0.15) is 39.3 Å². The van der Waals surface area contributed by atoms with E-state index >= 15 is 0 Å². The predicted octanol–water partition coefficient (Wildman–Crippen LogP) is 13.1. The van der Waals surface area contributed by atoms with Gasteiger partial charge in [-0.05, 0) is 69.3 Å². The zero-order chi connectivity index (χ0) is 37.5. The molecule has 0 amide bonds. The van der Waals surface area contributed by atoms with Gasteiger partial charge in [-0.1, -0.05) is 170 Å². The van der Waals surface area contributed by atoms with Crippen molar-refractivity contribution in [3.8, 4) is 56.5 Å². The van der Waals surface area contributed by atoms with E-state index in [-0.39, 0.29) is 17.3 Å². The predicted molar refractivity (Wildman–Crippen MR) is 231 cm³/mol. The van der Waals surface area contributed by atoms with Crippen molar-refractivity contribution >= 4 is 16.8 Å². The molecule has 0 N–H and O–H groups in total. The van der Waals surface area contributed by atoms with Crippen LogP contribution in [-0.2, 0) is 11.8 Å². The van der Waals surface area contributed by atoms with Crippen LogP contribution in [0, 0.1) is 5.92 Å². The second-order valence-corrected chi connectivity index (χ2v) is 15.6. The standard InChI is InChI=1S/C54H36N2O/c1-2-13-35(14-3-1)48-33-49(40-31-38-17-10-15-36-16-11-18-39(32-40)51(36)38)56-53(55-48)37-29-27-34(28-30-37)41-21-12-25-47-52(41)57-50-26-9-8-24-46(50)54(47)44-22-6-4-19-42(44)43-20-5-7-23-45(43)54/h1-15,17-33,42,44H,16H2. The molecule has 3 nitrogen and oxygen atoms in total. The largest absolute Gasteiger partial charge is 0.456 e. The van der Waals surface area contributed by atoms with Gasteiger partial charge in [-0.15, -0.1) is 0 Å². The highest BCUT2D eigenvalue weighted by atomic mass is 16.5. The number of hydrogen-bond donors (Lipinski definition) is 0. The summed E-state index contributed by atoms with van der Waals surface area (Å²) in [6.07, 6.45) is 14.7. The van der Waals surface area contributed by atoms with E-state index in [1.807, 2.05) is 6.07 Å². The summed E-state index contributed by atoms with van der Waals surface area (Å²) in [5.74, 6) is 3.05. The Hall–Kier alpha value is -7.10. The van der Waals surface area contributed by atoms with Gasteiger partial charge in [0, 0.05) is 45.2 Å². The molecule has 3 unspecified atom stereocenters. The first-order valence-electron chi connectivity index (χ1n) is 19.9. The third-order valence-corrected chi connectivity index (χ3v) is 12.6. The summed E-state index contributed by atoms with van der Waals surface area (Å²) in [7, 11) is 0. The fourth-order valence-electron chi connectivity index (χ4n) is 10.2. The summed E-state index contributed by atoms with van der Waals surface area (Å²) in [4.78, 5) is 10.4. The number of nitrogens with zero attached hydrogens (tertiary/aromatic N) is 2. The molecule has 3 heteroatoms. The molecule has 3 aliphatic carbocycles. The molecule has 0 saturated carbocycles. The Balaban J connectivity index is 0.992. The normalized spacial score (nSPS) is 19.2. The van der Waals surface area contributed by atoms with Gasteiger partial charge in [-0.3, -0.25) is 0 Å². The maximum atomic E-state index is 6.98. The van der Waals surface area contributed by atoms with Crippen molar-refractivity contribution in [3.05, 3.63) is 221 Å². The highest BCUT2D eigenvalue weighted by Gasteiger charge is 2.56. The van der Waals surface area contributed by atoms with Crippen molar-refractivity contribution < 1.29 is 4.74 Å². The Morgan fingerprint density at radius 2 is 1.30 bits per heavy atom. The number of aromatic nitrogens is 2. The highest BCUT2D eigenvalue weighted by molar-refractivity contribution is 5.98. The molecule has 57 heavy (non-hydrogen) atoms. The Morgan fingerprint density at radius 1 is 0.561 bits per heavy atom. The smallest absolute Gasteiger partial charge is 0.160 e. The van der Waals surface area contributed by atoms with Crippen molar-refractivity contribution in [1.29, 1.82) is 0 Å². The van der Waals surface area contributed by atoms with E-state index in [1.165, 1.54) is 44.2 Å². The molecule has 3 atom stereocenters. The van der Waals surface area contributed by atoms with Crippen LogP contribution in [0.2, 0.25) is 0 Å². The molecule has 8 aromatic rings. The van der Waals surface area contributed by atoms with Gasteiger partial charge in [0.1, 0.15) is 11.5 Å². The summed E-state index contributed by atoms with van der Waals surface area (Å²) in [6.45, 7) is 0. The first-order chi connectivity index (χ1) is 28.2. The zero-order valence-electron chi connectivity index (χ0n) is 31.1. The molecule has 12 rings (SSSR count). The van der Waals surface area contributed by atoms with Crippen molar-refractivity contribution in [2.24, 2.45) is 5.92 Å². The summed E-state index contributed by atoms with van der Waals surface area (Å²) in [6, 6.07) is 56.7. The lowest BCUT2D eigenvalue weighted by molar-refractivity contribution is 0.375. The van der Waals surface area contributed by atoms with Gasteiger partial charge in [0.15, 0.2) is 5.82 Å². The summed E-state index contributed by atoms with van der Waals surface area (Å²) in [5.41, 5.74) is 14.5. The minimum absolute atomic E-state index is 0.226. The molecule has 4 aliphatic rings. The maximum absolute atomic E-state index is 6.98. The number of allylic oxidation sites excluding steroid dienone is 5. The third-order valence-electron chi connectivity index (χ3n) is 12.6. The van der Waals surface area contributed by atoms with E-state index in [9.17, 15) is 0 Å². The topological polar surface area (TPSA) is 35.0 Å². The van der Waals surface area contributed by atoms with E-state index in [0.29, 0.717) is 5.82 Å². The zero-order valence-corrected chi connectivity index (χ0v) is 31.1. The SMILES string of the molecule is C1=CC2c3ccccc3C3(c4ccccc4Oc4c(-c5ccc(-c6nc(-c7ccccc7)cc(-c7cc8c9c(cccc9c7)CC=C8)n6)cc5)cccc43)C2C=C1. The first-order valence-corrected chi connectivity index (χ1v) is 19.9. The minimum atomic E-state index is -0.386. The van der Waals surface area contributed by atoms with Gasteiger partial charge in [-0.25, -0.2) is 9.97 Å². The number of hydrogen-bond acceptors (Lipinski definition) is 3. The van der Waals surface area contributed by atoms with Gasteiger partial charge in [0.2, 0.25) is 0 Å². The molecule has 1 aliphatic heterocycles. The highest BCUT2D eigenvalue weighted by Crippen LogP contribution is 2.65. The lowest BCUT2D eigenvalue weighted by atomic mass is 9.61. The lowest BCUT2D eigenvalue weighted by Gasteiger charge is -2.43. The van der Waals surface area contributed by atoms with Crippen molar-refractivity contribution in [1.82, 2.24) is 9.97 Å². The van der Waals surface area contributed by atoms with E-state index in [2.05, 4.69) is 188 Å². The van der Waals surface area contributed by atoms with Crippen LogP contribution in [0.25, 0.3) is 61.9 Å². The maximum Gasteiger partial charge on any atom is 0.160 e. The van der Waals surface area contributed by atoms with E-state index in [4.69, 9.17) is 14.7 Å². The van der Waals surface area contributed by atoms with Crippen LogP contribution >= 0.6 is 0 Å². The second kappa shape index (κ2) is 12.5. The number of ether oxygens (including phenoxy) is 1. The molecular weight excluding hydrogens is 693 g/mol. The molecule has 1 spiro atoms. The Kier molecular flexibility index (Phi) is 7.03. The van der Waals surface area contributed by atoms with Crippen molar-refractivity contribution in [2.75, 3.05) is 0 Å². The average molecular weight is 729 g/mol. The third kappa shape index (κ3) is 4.79. The fraction of sp³-hybridized carbons (Fsp3) is 0.0741. The van der Waals surface area contributed by atoms with Gasteiger partial charge in [0.25, 0.3) is 0 Å². The number of para-hydroxylation sites is 2. The van der Waals surface area contributed by atoms with E-state index < -0.39 is 0 Å². The molecule has 268 valence electrons. The molecule has 0 saturated heterocycles. The Morgan fingerprint density at radius 3 is 2.19 bits per heavy atom. The molecule has 0 bridgehead atoms. The Labute approximate surface area is 332 Å². The summed E-state index contributed by atoms with van der Waals surface area (Å²) >= 11 is 0. The first kappa shape index (κ1) is 32.2. The van der Waals surface area contributed by atoms with Crippen LogP contribution in [0.5, 0.6) is 11.5 Å². The van der Waals surface area contributed by atoms with Crippen molar-refractivity contribution in [3.63, 3.8) is 0 Å². The van der Waals surface area contributed by atoms with Gasteiger partial charge >= 0.3 is 0 Å². The number of benzene rings is 7. The van der Waals surface area contributed by atoms with Gasteiger partial charge in [-0.2, -0.15) is 0 Å². The minimum Gasteiger partial charge on any atom is -0.456 e. The molecular formula is C54H36N2O. The van der Waals surface area contributed by atoms with Crippen LogP contribution in [0.15, 0.2) is 188 Å². The van der Waals surface area contributed by atoms with E-state index in [0.717, 1.165) is 57.1 Å². The van der Waals surface area contributed by atoms with Crippen LogP contribution < -0.4 is 4.74 Å². The molecule has 1 aromatic heterocycles. The van der Waals surface area contributed by atoms with Crippen molar-refractivity contribution in [2.45, 2.75) is 17.8 Å². The molecule has 0 fully saturated rings.